The van der Waals surface area contributed by atoms with E-state index in [2.05, 4.69) is 13.0 Å². The molecule has 3 fully saturated rings. The summed E-state index contributed by atoms with van der Waals surface area (Å²) < 4.78 is 17.4. The first-order valence-corrected chi connectivity index (χ1v) is 7.76. The van der Waals surface area contributed by atoms with Crippen LogP contribution >= 0.6 is 0 Å². The maximum atomic E-state index is 12.3. The van der Waals surface area contributed by atoms with Gasteiger partial charge in [-0.1, -0.05) is 11.6 Å². The molecule has 2 aliphatic carbocycles. The number of carbonyl (C=O) groups is 1. The van der Waals surface area contributed by atoms with Crippen LogP contribution in [0.2, 0.25) is 0 Å². The Morgan fingerprint density at radius 2 is 2.19 bits per heavy atom. The van der Waals surface area contributed by atoms with Gasteiger partial charge < -0.3 is 14.2 Å². The summed E-state index contributed by atoms with van der Waals surface area (Å²) in [6, 6.07) is 0. The number of allylic oxidation sites excluding steroid dienone is 1. The summed E-state index contributed by atoms with van der Waals surface area (Å²) in [5, 5.41) is 0. The Hall–Kier alpha value is -0.970. The van der Waals surface area contributed by atoms with Crippen molar-refractivity contribution in [1.29, 1.82) is 0 Å². The van der Waals surface area contributed by atoms with Crippen molar-refractivity contribution in [3.63, 3.8) is 0 Å². The first-order valence-electron chi connectivity index (χ1n) is 7.76. The van der Waals surface area contributed by atoms with E-state index >= 15 is 0 Å². The fourth-order valence-electron chi connectivity index (χ4n) is 3.95. The van der Waals surface area contributed by atoms with Crippen molar-refractivity contribution in [2.24, 2.45) is 5.92 Å². The fourth-order valence-corrected chi connectivity index (χ4v) is 3.95. The number of rotatable bonds is 4. The van der Waals surface area contributed by atoms with E-state index in [1.807, 2.05) is 6.92 Å². The Morgan fingerprint density at radius 1 is 1.48 bits per heavy atom. The van der Waals surface area contributed by atoms with E-state index in [1.165, 1.54) is 18.4 Å². The van der Waals surface area contributed by atoms with Crippen molar-refractivity contribution >= 4 is 5.78 Å². The quantitative estimate of drug-likeness (QED) is 0.588. The summed E-state index contributed by atoms with van der Waals surface area (Å²) in [6.45, 7) is 4.76. The van der Waals surface area contributed by atoms with E-state index in [1.54, 1.807) is 13.2 Å². The summed E-state index contributed by atoms with van der Waals surface area (Å²) >= 11 is 0. The zero-order valence-electron chi connectivity index (χ0n) is 12.8. The second-order valence-electron chi connectivity index (χ2n) is 6.93. The summed E-state index contributed by atoms with van der Waals surface area (Å²) in [4.78, 5) is 12.3. The Bertz CT molecular complexity index is 551. The monoisotopic (exact) mass is 290 g/mol. The SMILES string of the molecule is CO[C@@H]1C(=O)C=C(C)[C@]2(CO2)[C@H]1C1(C)O[C@@H]1CC=C1CC1. The molecule has 2 aliphatic heterocycles. The van der Waals surface area contributed by atoms with Gasteiger partial charge in [-0.3, -0.25) is 4.79 Å². The van der Waals surface area contributed by atoms with Gasteiger partial charge in [0.25, 0.3) is 0 Å². The summed E-state index contributed by atoms with van der Waals surface area (Å²) in [6.07, 6.45) is 7.11. The molecule has 1 spiro atoms. The fraction of sp³-hybridized carbons (Fsp3) is 0.706. The Kier molecular flexibility index (Phi) is 2.79. The van der Waals surface area contributed by atoms with Gasteiger partial charge in [0.05, 0.1) is 18.6 Å². The van der Waals surface area contributed by atoms with Gasteiger partial charge in [0.15, 0.2) is 5.78 Å². The van der Waals surface area contributed by atoms with Crippen LogP contribution in [0.1, 0.15) is 33.1 Å². The summed E-state index contributed by atoms with van der Waals surface area (Å²) in [5.41, 5.74) is 1.88. The van der Waals surface area contributed by atoms with Crippen LogP contribution in [-0.2, 0) is 19.0 Å². The predicted molar refractivity (Wildman–Crippen MR) is 76.9 cm³/mol. The number of ether oxygens (including phenoxy) is 3. The molecular weight excluding hydrogens is 268 g/mol. The minimum atomic E-state index is -0.459. The molecule has 0 aromatic heterocycles. The lowest BCUT2D eigenvalue weighted by Crippen LogP contribution is -2.52. The van der Waals surface area contributed by atoms with Gasteiger partial charge in [-0.05, 0) is 44.8 Å². The van der Waals surface area contributed by atoms with Crippen molar-refractivity contribution in [3.05, 3.63) is 23.3 Å². The van der Waals surface area contributed by atoms with E-state index in [0.717, 1.165) is 12.0 Å². The molecule has 4 nitrogen and oxygen atoms in total. The van der Waals surface area contributed by atoms with Crippen LogP contribution in [0.25, 0.3) is 0 Å². The largest absolute Gasteiger partial charge is 0.373 e. The molecule has 1 saturated carbocycles. The van der Waals surface area contributed by atoms with Crippen LogP contribution in [0.3, 0.4) is 0 Å². The van der Waals surface area contributed by atoms with Gasteiger partial charge in [-0.25, -0.2) is 0 Å². The average Bonchev–Trinajstić information content (AvgIpc) is 3.30. The third-order valence-electron chi connectivity index (χ3n) is 5.58. The van der Waals surface area contributed by atoms with Crippen molar-refractivity contribution in [2.75, 3.05) is 13.7 Å². The number of hydrogen-bond acceptors (Lipinski definition) is 4. The van der Waals surface area contributed by atoms with Crippen LogP contribution in [0.15, 0.2) is 23.3 Å². The lowest BCUT2D eigenvalue weighted by atomic mass is 9.69. The Balaban J connectivity index is 1.61. The highest BCUT2D eigenvalue weighted by Crippen LogP contribution is 2.59. The van der Waals surface area contributed by atoms with Crippen LogP contribution in [-0.4, -0.2) is 42.9 Å². The number of methoxy groups -OCH3 is 1. The zero-order chi connectivity index (χ0) is 14.8. The molecule has 0 aromatic rings. The van der Waals surface area contributed by atoms with Crippen molar-refractivity contribution in [1.82, 2.24) is 0 Å². The maximum Gasteiger partial charge on any atom is 0.184 e. The van der Waals surface area contributed by atoms with Crippen LogP contribution in [0, 0.1) is 5.92 Å². The molecule has 4 aliphatic rings. The van der Waals surface area contributed by atoms with E-state index < -0.39 is 6.10 Å². The van der Waals surface area contributed by atoms with Gasteiger partial charge in [0.2, 0.25) is 0 Å². The summed E-state index contributed by atoms with van der Waals surface area (Å²) in [5.74, 6) is -0.00718. The smallest absolute Gasteiger partial charge is 0.184 e. The first-order chi connectivity index (χ1) is 10.0. The van der Waals surface area contributed by atoms with Gasteiger partial charge in [0, 0.05) is 7.11 Å². The number of epoxide rings is 2. The van der Waals surface area contributed by atoms with Gasteiger partial charge in [0.1, 0.15) is 17.3 Å². The van der Waals surface area contributed by atoms with Crippen molar-refractivity contribution in [3.8, 4) is 0 Å². The first kappa shape index (κ1) is 13.7. The van der Waals surface area contributed by atoms with Crippen LogP contribution in [0.5, 0.6) is 0 Å². The maximum absolute atomic E-state index is 12.3. The number of carbonyl (C=O) groups excluding carboxylic acids is 1. The molecule has 0 amide bonds. The highest BCUT2D eigenvalue weighted by molar-refractivity contribution is 5.96. The minimum Gasteiger partial charge on any atom is -0.373 e. The number of ketones is 1. The van der Waals surface area contributed by atoms with Crippen LogP contribution < -0.4 is 0 Å². The minimum absolute atomic E-state index is 0.0390. The van der Waals surface area contributed by atoms with E-state index in [4.69, 9.17) is 14.2 Å². The molecule has 2 heterocycles. The van der Waals surface area contributed by atoms with Crippen molar-refractivity contribution < 1.29 is 19.0 Å². The second kappa shape index (κ2) is 4.28. The second-order valence-corrected chi connectivity index (χ2v) is 6.93. The van der Waals surface area contributed by atoms with Crippen LogP contribution in [0.4, 0.5) is 0 Å². The van der Waals surface area contributed by atoms with Gasteiger partial charge in [-0.15, -0.1) is 0 Å². The van der Waals surface area contributed by atoms with Gasteiger partial charge >= 0.3 is 0 Å². The predicted octanol–water partition coefficient (Wildman–Crippen LogP) is 2.18. The van der Waals surface area contributed by atoms with E-state index in [-0.39, 0.29) is 29.0 Å². The molecule has 0 radical (unpaired) electrons. The third-order valence-corrected chi connectivity index (χ3v) is 5.58. The van der Waals surface area contributed by atoms with Gasteiger partial charge in [-0.2, -0.15) is 0 Å². The lowest BCUT2D eigenvalue weighted by molar-refractivity contribution is -0.132. The standard InChI is InChI=1S/C17H22O4/c1-10-8-12(18)14(19-3)15(17(10)9-20-17)16(2)13(21-16)7-6-11-4-5-11/h6,8,13-15H,4-5,7,9H2,1-3H3/t13-,14-,15-,16?,17-/m1/s1. The third kappa shape index (κ3) is 1.96. The summed E-state index contributed by atoms with van der Waals surface area (Å²) in [7, 11) is 1.60. The van der Waals surface area contributed by atoms with E-state index in [9.17, 15) is 4.79 Å². The molecule has 2 saturated heterocycles. The molecular formula is C17H22O4. The Labute approximate surface area is 125 Å². The Morgan fingerprint density at radius 3 is 2.76 bits per heavy atom. The topological polar surface area (TPSA) is 51.4 Å². The molecule has 21 heavy (non-hydrogen) atoms. The van der Waals surface area contributed by atoms with Crippen molar-refractivity contribution in [2.45, 2.75) is 56.5 Å². The average molecular weight is 290 g/mol. The molecule has 0 N–H and O–H groups in total. The molecule has 1 unspecified atom stereocenters. The van der Waals surface area contributed by atoms with E-state index in [0.29, 0.717) is 6.61 Å². The molecule has 0 aromatic carbocycles. The molecule has 114 valence electrons. The number of hydrogen-bond donors (Lipinski definition) is 0. The lowest BCUT2D eigenvalue weighted by Gasteiger charge is -2.36. The molecule has 4 heteroatoms. The normalized spacial score (nSPS) is 47.4. The molecule has 4 rings (SSSR count). The highest BCUT2D eigenvalue weighted by atomic mass is 16.6. The zero-order valence-corrected chi connectivity index (χ0v) is 12.8. The molecule has 0 bridgehead atoms. The molecule has 5 atom stereocenters. The highest BCUT2D eigenvalue weighted by Gasteiger charge is 2.72.